The highest BCUT2D eigenvalue weighted by Crippen LogP contribution is 2.29. The van der Waals surface area contributed by atoms with Crippen LogP contribution in [0.5, 0.6) is 5.75 Å². The summed E-state index contributed by atoms with van der Waals surface area (Å²) in [5.41, 5.74) is -0.455. The lowest BCUT2D eigenvalue weighted by Gasteiger charge is -2.15. The number of hydrogen-bond acceptors (Lipinski definition) is 5. The molecule has 0 radical (unpaired) electrons. The van der Waals surface area contributed by atoms with Gasteiger partial charge in [0, 0.05) is 18.7 Å². The zero-order valence-corrected chi connectivity index (χ0v) is 10.8. The molecule has 1 unspecified atom stereocenters. The number of nitrogens with one attached hydrogen (secondary N) is 1. The molecule has 0 heterocycles. The maximum atomic E-state index is 13.4. The van der Waals surface area contributed by atoms with Crippen LogP contribution >= 0.6 is 0 Å². The number of halogens is 1. The largest absolute Gasteiger partial charge is 0.482 e. The van der Waals surface area contributed by atoms with Crippen LogP contribution in [0.3, 0.4) is 0 Å². The molecule has 0 fully saturated rings. The zero-order valence-electron chi connectivity index (χ0n) is 10.8. The van der Waals surface area contributed by atoms with Crippen LogP contribution in [-0.4, -0.2) is 35.3 Å². The second-order valence-electron chi connectivity index (χ2n) is 4.37. The molecule has 19 heavy (non-hydrogen) atoms. The third-order valence-corrected chi connectivity index (χ3v) is 2.32. The van der Waals surface area contributed by atoms with E-state index in [9.17, 15) is 19.6 Å². The van der Waals surface area contributed by atoms with Gasteiger partial charge in [0.25, 0.3) is 0 Å². The summed E-state index contributed by atoms with van der Waals surface area (Å²) >= 11 is 0. The third kappa shape index (κ3) is 4.80. The molecule has 7 heteroatoms. The molecule has 1 aromatic carbocycles. The molecule has 6 nitrogen and oxygen atoms in total. The molecule has 0 aliphatic rings. The molecular formula is C12H17FN2O4. The Kier molecular flexibility index (Phi) is 5.65. The van der Waals surface area contributed by atoms with E-state index in [2.05, 4.69) is 5.32 Å². The summed E-state index contributed by atoms with van der Waals surface area (Å²) in [6, 6.07) is 3.65. The monoisotopic (exact) mass is 272 g/mol. The summed E-state index contributed by atoms with van der Waals surface area (Å²) in [6.07, 6.45) is -0.874. The summed E-state index contributed by atoms with van der Waals surface area (Å²) in [5.74, 6) is -1.27. The van der Waals surface area contributed by atoms with Gasteiger partial charge in [0.15, 0.2) is 5.82 Å². The standard InChI is InChI=1S/C12H17FN2O4/c1-8(2)14-6-9(16)7-19-12-10(13)4-3-5-11(12)15(17)18/h3-5,8-9,14,16H,6-7H2,1-2H3. The van der Waals surface area contributed by atoms with E-state index in [-0.39, 0.29) is 19.2 Å². The van der Waals surface area contributed by atoms with Gasteiger partial charge in [-0.3, -0.25) is 10.1 Å². The smallest absolute Gasteiger partial charge is 0.314 e. The topological polar surface area (TPSA) is 84.6 Å². The zero-order chi connectivity index (χ0) is 14.4. The second-order valence-corrected chi connectivity index (χ2v) is 4.37. The molecule has 1 aromatic rings. The van der Waals surface area contributed by atoms with E-state index < -0.39 is 28.3 Å². The lowest BCUT2D eigenvalue weighted by atomic mass is 10.3. The van der Waals surface area contributed by atoms with Crippen molar-refractivity contribution in [2.75, 3.05) is 13.2 Å². The van der Waals surface area contributed by atoms with Crippen LogP contribution in [0, 0.1) is 15.9 Å². The highest BCUT2D eigenvalue weighted by atomic mass is 19.1. The Morgan fingerprint density at radius 1 is 1.53 bits per heavy atom. The van der Waals surface area contributed by atoms with Crippen LogP contribution in [0.4, 0.5) is 10.1 Å². The van der Waals surface area contributed by atoms with E-state index in [0.717, 1.165) is 12.1 Å². The van der Waals surface area contributed by atoms with Crippen LogP contribution in [0.25, 0.3) is 0 Å². The van der Waals surface area contributed by atoms with Crippen LogP contribution < -0.4 is 10.1 Å². The molecular weight excluding hydrogens is 255 g/mol. The number of hydrogen-bond donors (Lipinski definition) is 2. The molecule has 0 amide bonds. The molecule has 0 aliphatic heterocycles. The lowest BCUT2D eigenvalue weighted by molar-refractivity contribution is -0.386. The van der Waals surface area contributed by atoms with Crippen LogP contribution in [0.15, 0.2) is 18.2 Å². The normalized spacial score (nSPS) is 12.5. The van der Waals surface area contributed by atoms with Gasteiger partial charge in [-0.15, -0.1) is 0 Å². The first-order valence-corrected chi connectivity index (χ1v) is 5.89. The van der Waals surface area contributed by atoms with Crippen molar-refractivity contribution in [1.29, 1.82) is 0 Å². The average Bonchev–Trinajstić information content (AvgIpc) is 2.34. The molecule has 0 aliphatic carbocycles. The summed E-state index contributed by atoms with van der Waals surface area (Å²) in [4.78, 5) is 9.99. The van der Waals surface area contributed by atoms with Gasteiger partial charge < -0.3 is 15.2 Å². The maximum Gasteiger partial charge on any atom is 0.314 e. The fourth-order valence-corrected chi connectivity index (χ4v) is 1.39. The number of para-hydroxylation sites is 1. The van der Waals surface area contributed by atoms with Crippen LogP contribution in [0.1, 0.15) is 13.8 Å². The minimum absolute atomic E-state index is 0.192. The Hall–Kier alpha value is -1.73. The number of nitrogens with zero attached hydrogens (tertiary/aromatic N) is 1. The average molecular weight is 272 g/mol. The number of benzene rings is 1. The number of aliphatic hydroxyl groups excluding tert-OH is 1. The predicted octanol–water partition coefficient (Wildman–Crippen LogP) is 1.47. The Morgan fingerprint density at radius 2 is 2.21 bits per heavy atom. The SMILES string of the molecule is CC(C)NCC(O)COc1c(F)cccc1[N+](=O)[O-]. The van der Waals surface area contributed by atoms with Crippen molar-refractivity contribution < 1.29 is 19.2 Å². The van der Waals surface area contributed by atoms with E-state index >= 15 is 0 Å². The van der Waals surface area contributed by atoms with Gasteiger partial charge in [0.05, 0.1) is 4.92 Å². The van der Waals surface area contributed by atoms with E-state index in [1.54, 1.807) is 0 Å². The van der Waals surface area contributed by atoms with Gasteiger partial charge in [0.1, 0.15) is 12.7 Å². The van der Waals surface area contributed by atoms with Gasteiger partial charge in [-0.25, -0.2) is 4.39 Å². The Bertz CT molecular complexity index is 440. The van der Waals surface area contributed by atoms with E-state index in [1.165, 1.54) is 6.07 Å². The summed E-state index contributed by atoms with van der Waals surface area (Å²) in [5, 5.41) is 23.3. The quantitative estimate of drug-likeness (QED) is 0.580. The van der Waals surface area contributed by atoms with Crippen molar-refractivity contribution in [3.8, 4) is 5.75 Å². The second kappa shape index (κ2) is 7.01. The van der Waals surface area contributed by atoms with E-state index in [0.29, 0.717) is 0 Å². The molecule has 0 saturated carbocycles. The molecule has 2 N–H and O–H groups in total. The Labute approximate surface area is 110 Å². The fraction of sp³-hybridized carbons (Fsp3) is 0.500. The highest BCUT2D eigenvalue weighted by molar-refractivity contribution is 5.46. The van der Waals surface area contributed by atoms with Crippen LogP contribution in [0.2, 0.25) is 0 Å². The third-order valence-electron chi connectivity index (χ3n) is 2.32. The molecule has 0 bridgehead atoms. The molecule has 106 valence electrons. The van der Waals surface area contributed by atoms with Crippen LogP contribution in [-0.2, 0) is 0 Å². The van der Waals surface area contributed by atoms with Crippen molar-refractivity contribution in [2.45, 2.75) is 26.0 Å². The minimum Gasteiger partial charge on any atom is -0.482 e. The predicted molar refractivity (Wildman–Crippen MR) is 67.7 cm³/mol. The summed E-state index contributed by atoms with van der Waals surface area (Å²) in [6.45, 7) is 3.87. The Morgan fingerprint density at radius 3 is 2.79 bits per heavy atom. The lowest BCUT2D eigenvalue weighted by Crippen LogP contribution is -2.35. The maximum absolute atomic E-state index is 13.4. The Balaban J connectivity index is 2.64. The first-order valence-electron chi connectivity index (χ1n) is 5.89. The van der Waals surface area contributed by atoms with Gasteiger partial charge in [0.2, 0.25) is 5.75 Å². The molecule has 1 rings (SSSR count). The molecule has 0 spiro atoms. The molecule has 0 aromatic heterocycles. The number of nitro benzene ring substituents is 1. The van der Waals surface area contributed by atoms with Crippen molar-refractivity contribution in [3.05, 3.63) is 34.1 Å². The molecule has 1 atom stereocenters. The number of aliphatic hydroxyl groups is 1. The van der Waals surface area contributed by atoms with Gasteiger partial charge in [-0.2, -0.15) is 0 Å². The van der Waals surface area contributed by atoms with Crippen molar-refractivity contribution in [3.63, 3.8) is 0 Å². The van der Waals surface area contributed by atoms with E-state index in [1.807, 2.05) is 13.8 Å². The first-order chi connectivity index (χ1) is 8.91. The summed E-state index contributed by atoms with van der Waals surface area (Å²) < 4.78 is 18.5. The first kappa shape index (κ1) is 15.3. The number of nitro groups is 1. The van der Waals surface area contributed by atoms with Crippen molar-refractivity contribution in [1.82, 2.24) is 5.32 Å². The number of rotatable bonds is 7. The van der Waals surface area contributed by atoms with E-state index in [4.69, 9.17) is 4.74 Å². The van der Waals surface area contributed by atoms with Crippen molar-refractivity contribution >= 4 is 5.69 Å². The van der Waals surface area contributed by atoms with Gasteiger partial charge in [-0.1, -0.05) is 19.9 Å². The number of ether oxygens (including phenoxy) is 1. The highest BCUT2D eigenvalue weighted by Gasteiger charge is 2.20. The fourth-order valence-electron chi connectivity index (χ4n) is 1.39. The van der Waals surface area contributed by atoms with Gasteiger partial charge >= 0.3 is 5.69 Å². The minimum atomic E-state index is -0.874. The summed E-state index contributed by atoms with van der Waals surface area (Å²) in [7, 11) is 0. The van der Waals surface area contributed by atoms with Crippen molar-refractivity contribution in [2.24, 2.45) is 0 Å². The molecule has 0 saturated heterocycles. The van der Waals surface area contributed by atoms with Gasteiger partial charge in [-0.05, 0) is 6.07 Å².